The highest BCUT2D eigenvalue weighted by Gasteiger charge is 2.44. The van der Waals surface area contributed by atoms with Crippen LogP contribution in [0.5, 0.6) is 0 Å². The van der Waals surface area contributed by atoms with Crippen molar-refractivity contribution < 1.29 is 19.2 Å². The second-order valence-corrected chi connectivity index (χ2v) is 11.6. The Morgan fingerprint density at radius 1 is 0.976 bits per heavy atom. The summed E-state index contributed by atoms with van der Waals surface area (Å²) in [5, 5.41) is 10.7. The van der Waals surface area contributed by atoms with Crippen LogP contribution >= 0.6 is 0 Å². The first-order chi connectivity index (χ1) is 19.9. The smallest absolute Gasteiger partial charge is 0.262 e. The van der Waals surface area contributed by atoms with E-state index in [1.54, 1.807) is 18.2 Å². The van der Waals surface area contributed by atoms with Gasteiger partial charge < -0.3 is 5.32 Å². The van der Waals surface area contributed by atoms with E-state index in [1.165, 1.54) is 18.5 Å². The van der Waals surface area contributed by atoms with Crippen molar-refractivity contribution in [3.63, 3.8) is 0 Å². The summed E-state index contributed by atoms with van der Waals surface area (Å²) < 4.78 is 2.14. The third-order valence-electron chi connectivity index (χ3n) is 8.79. The first-order valence-corrected chi connectivity index (χ1v) is 14.5. The van der Waals surface area contributed by atoms with Gasteiger partial charge in [0.2, 0.25) is 11.8 Å². The Bertz CT molecular complexity index is 1580. The number of anilines is 1. The van der Waals surface area contributed by atoms with Crippen molar-refractivity contribution in [2.45, 2.75) is 69.9 Å². The SMILES string of the molecule is CCc1cccc(-c2cn([C@H]3C[C@H](CNc4ccc5c(c4)C(=O)N(C4CCC(=O)NC4=O)C5=O)C3)nc2C2CC2)n1. The number of hydrogen-bond acceptors (Lipinski definition) is 7. The number of amides is 4. The van der Waals surface area contributed by atoms with Gasteiger partial charge >= 0.3 is 0 Å². The Labute approximate surface area is 237 Å². The van der Waals surface area contributed by atoms with E-state index in [0.29, 0.717) is 17.9 Å². The maximum atomic E-state index is 13.1. The van der Waals surface area contributed by atoms with Crippen molar-refractivity contribution >= 4 is 29.3 Å². The van der Waals surface area contributed by atoms with E-state index >= 15 is 0 Å². The summed E-state index contributed by atoms with van der Waals surface area (Å²) in [6.45, 7) is 2.87. The summed E-state index contributed by atoms with van der Waals surface area (Å²) in [5.41, 5.74) is 5.77. The minimum atomic E-state index is -0.960. The van der Waals surface area contributed by atoms with Crippen molar-refractivity contribution in [1.82, 2.24) is 25.0 Å². The summed E-state index contributed by atoms with van der Waals surface area (Å²) in [6.07, 6.45) is 7.73. The van der Waals surface area contributed by atoms with E-state index in [0.717, 1.165) is 53.3 Å². The molecule has 0 radical (unpaired) electrons. The fourth-order valence-electron chi connectivity index (χ4n) is 6.20. The van der Waals surface area contributed by atoms with E-state index < -0.39 is 23.8 Å². The zero-order chi connectivity index (χ0) is 28.2. The second kappa shape index (κ2) is 9.94. The predicted octanol–water partition coefficient (Wildman–Crippen LogP) is 3.85. The zero-order valence-electron chi connectivity index (χ0n) is 22.9. The van der Waals surface area contributed by atoms with E-state index in [4.69, 9.17) is 10.1 Å². The Kier molecular flexibility index (Phi) is 6.21. The molecule has 4 aliphatic rings. The molecule has 1 saturated heterocycles. The molecule has 3 fully saturated rings. The number of piperidine rings is 1. The molecule has 2 aliphatic carbocycles. The number of carbonyl (C=O) groups excluding carboxylic acids is 4. The highest BCUT2D eigenvalue weighted by Crippen LogP contribution is 2.45. The van der Waals surface area contributed by atoms with Gasteiger partial charge in [-0.2, -0.15) is 5.10 Å². The van der Waals surface area contributed by atoms with Crippen molar-refractivity contribution in [2.24, 2.45) is 5.92 Å². The molecule has 2 N–H and O–H groups in total. The maximum Gasteiger partial charge on any atom is 0.262 e. The lowest BCUT2D eigenvalue weighted by Crippen LogP contribution is -2.54. The van der Waals surface area contributed by atoms with Crippen LogP contribution in [0.25, 0.3) is 11.3 Å². The molecule has 3 aromatic rings. The van der Waals surface area contributed by atoms with Crippen molar-refractivity contribution in [3.05, 3.63) is 65.1 Å². The molecule has 1 atom stereocenters. The monoisotopic (exact) mass is 552 g/mol. The van der Waals surface area contributed by atoms with Crippen molar-refractivity contribution in [2.75, 3.05) is 11.9 Å². The quantitative estimate of drug-likeness (QED) is 0.407. The third-order valence-corrected chi connectivity index (χ3v) is 8.79. The normalized spacial score (nSPS) is 23.8. The van der Waals surface area contributed by atoms with Gasteiger partial charge in [-0.15, -0.1) is 0 Å². The number of hydrogen-bond donors (Lipinski definition) is 2. The number of nitrogens with zero attached hydrogens (tertiary/aromatic N) is 4. The largest absolute Gasteiger partial charge is 0.385 e. The fraction of sp³-hybridized carbons (Fsp3) is 0.419. The van der Waals surface area contributed by atoms with Gasteiger partial charge in [0.15, 0.2) is 0 Å². The summed E-state index contributed by atoms with van der Waals surface area (Å²) in [4.78, 5) is 55.7. The van der Waals surface area contributed by atoms with E-state index in [-0.39, 0.29) is 29.9 Å². The minimum absolute atomic E-state index is 0.101. The molecule has 2 aromatic heterocycles. The number of aryl methyl sites for hydroxylation is 1. The third kappa shape index (κ3) is 4.61. The van der Waals surface area contributed by atoms with Gasteiger partial charge in [0, 0.05) is 42.0 Å². The number of carbonyl (C=O) groups is 4. The number of pyridine rings is 1. The molecule has 4 amide bonds. The number of fused-ring (bicyclic) bond motifs is 1. The molecule has 2 saturated carbocycles. The van der Waals surface area contributed by atoms with Crippen LogP contribution < -0.4 is 10.6 Å². The molecule has 210 valence electrons. The van der Waals surface area contributed by atoms with Gasteiger partial charge in [-0.1, -0.05) is 13.0 Å². The van der Waals surface area contributed by atoms with Crippen LogP contribution in [0.2, 0.25) is 0 Å². The van der Waals surface area contributed by atoms with Gasteiger partial charge in [0.05, 0.1) is 28.6 Å². The average molecular weight is 553 g/mol. The van der Waals surface area contributed by atoms with Crippen molar-refractivity contribution in [3.8, 4) is 11.3 Å². The predicted molar refractivity (Wildman–Crippen MR) is 150 cm³/mol. The summed E-state index contributed by atoms with van der Waals surface area (Å²) in [5.74, 6) is -0.976. The van der Waals surface area contributed by atoms with Gasteiger partial charge in [-0.05, 0) is 74.8 Å². The number of rotatable bonds is 8. The minimum Gasteiger partial charge on any atom is -0.385 e. The number of imide groups is 2. The molecular formula is C31H32N6O4. The lowest BCUT2D eigenvalue weighted by molar-refractivity contribution is -0.136. The molecular weight excluding hydrogens is 520 g/mol. The number of nitrogens with one attached hydrogen (secondary N) is 2. The van der Waals surface area contributed by atoms with Gasteiger partial charge in [0.25, 0.3) is 11.8 Å². The molecule has 10 heteroatoms. The molecule has 0 bridgehead atoms. The molecule has 2 aliphatic heterocycles. The van der Waals surface area contributed by atoms with Crippen LogP contribution in [-0.2, 0) is 16.0 Å². The standard InChI is InChI=1S/C31H32N6O4/c1-2-19-4-3-5-25(33-19)24-16-36(35-28(24)18-6-7-18)21-12-17(13-21)15-32-20-8-9-22-23(14-20)31(41)37(30(22)40)26-10-11-27(38)34-29(26)39/h3-5,8-9,14,16-18,21,26,32H,2,6-7,10-13,15H2,1H3,(H,34,38,39)/t17-,21-,26?. The Balaban J connectivity index is 0.989. The number of aromatic nitrogens is 3. The lowest BCUT2D eigenvalue weighted by Gasteiger charge is -2.35. The molecule has 1 aromatic carbocycles. The molecule has 7 rings (SSSR count). The zero-order valence-corrected chi connectivity index (χ0v) is 22.9. The summed E-state index contributed by atoms with van der Waals surface area (Å²) >= 11 is 0. The van der Waals surface area contributed by atoms with Gasteiger partial charge in [0.1, 0.15) is 6.04 Å². The fourth-order valence-corrected chi connectivity index (χ4v) is 6.20. The van der Waals surface area contributed by atoms with Crippen molar-refractivity contribution in [1.29, 1.82) is 0 Å². The summed E-state index contributed by atoms with van der Waals surface area (Å²) in [6, 6.07) is 10.7. The first-order valence-electron chi connectivity index (χ1n) is 14.5. The summed E-state index contributed by atoms with van der Waals surface area (Å²) in [7, 11) is 0. The topological polar surface area (TPSA) is 126 Å². The Morgan fingerprint density at radius 2 is 1.78 bits per heavy atom. The molecule has 10 nitrogen and oxygen atoms in total. The first kappa shape index (κ1) is 25.6. The van der Waals surface area contributed by atoms with Gasteiger partial charge in [-0.25, -0.2) is 0 Å². The van der Waals surface area contributed by atoms with E-state index in [2.05, 4.69) is 46.6 Å². The molecule has 4 heterocycles. The maximum absolute atomic E-state index is 13.1. The highest BCUT2D eigenvalue weighted by atomic mass is 16.2. The molecule has 41 heavy (non-hydrogen) atoms. The molecule has 0 spiro atoms. The van der Waals surface area contributed by atoms with Crippen LogP contribution in [-0.4, -0.2) is 55.9 Å². The Hall–Kier alpha value is -4.34. The second-order valence-electron chi connectivity index (χ2n) is 11.6. The van der Waals surface area contributed by atoms with Crippen LogP contribution in [0.1, 0.15) is 89.5 Å². The van der Waals surface area contributed by atoms with E-state index in [1.807, 2.05) is 0 Å². The van der Waals surface area contributed by atoms with Gasteiger partial charge in [-0.3, -0.25) is 39.1 Å². The average Bonchev–Trinajstić information content (AvgIpc) is 3.66. The Morgan fingerprint density at radius 3 is 2.54 bits per heavy atom. The van der Waals surface area contributed by atoms with Crippen LogP contribution in [0, 0.1) is 5.92 Å². The van der Waals surface area contributed by atoms with Crippen LogP contribution in [0.4, 0.5) is 5.69 Å². The van der Waals surface area contributed by atoms with Crippen LogP contribution in [0.3, 0.4) is 0 Å². The molecule has 1 unspecified atom stereocenters. The van der Waals surface area contributed by atoms with Crippen LogP contribution in [0.15, 0.2) is 42.6 Å². The van der Waals surface area contributed by atoms with E-state index in [9.17, 15) is 19.2 Å². The highest BCUT2D eigenvalue weighted by molar-refractivity contribution is 6.23. The number of benzene rings is 1. The lowest BCUT2D eigenvalue weighted by atomic mass is 9.80.